The number of nitrogens with one attached hydrogen (secondary N) is 1. The zero-order valence-corrected chi connectivity index (χ0v) is 16.2. The van der Waals surface area contributed by atoms with E-state index in [9.17, 15) is 14.7 Å². The van der Waals surface area contributed by atoms with Crippen LogP contribution in [0.2, 0.25) is 0 Å². The van der Waals surface area contributed by atoms with Gasteiger partial charge in [0.05, 0.1) is 0 Å². The Balaban J connectivity index is 4.05. The average molecular weight is 344 g/mol. The molecule has 5 heteroatoms. The highest BCUT2D eigenvalue weighted by atomic mass is 16.6. The summed E-state index contributed by atoms with van der Waals surface area (Å²) < 4.78 is 5.13. The van der Waals surface area contributed by atoms with E-state index in [2.05, 4.69) is 12.2 Å². The van der Waals surface area contributed by atoms with Crippen molar-refractivity contribution in [2.45, 2.75) is 104 Å². The van der Waals surface area contributed by atoms with E-state index in [0.717, 1.165) is 12.8 Å². The van der Waals surface area contributed by atoms with Gasteiger partial charge in [0.2, 0.25) is 0 Å². The number of ether oxygens (including phenoxy) is 1. The average Bonchev–Trinajstić information content (AvgIpc) is 2.43. The molecular weight excluding hydrogens is 306 g/mol. The first-order chi connectivity index (χ1) is 11.2. The molecule has 0 saturated carbocycles. The topological polar surface area (TPSA) is 75.6 Å². The standard InChI is InChI=1S/C19H37NO4/c1-6-7-8-9-10-11-12-13-15(2)14-16(17(21)22)20-18(23)24-19(3,4)5/h15-16H,6-14H2,1-5H3,(H,20,23)(H,21,22). The molecule has 0 aromatic carbocycles. The van der Waals surface area contributed by atoms with Gasteiger partial charge in [-0.15, -0.1) is 0 Å². The molecule has 0 aliphatic heterocycles. The van der Waals surface area contributed by atoms with E-state index in [1.807, 2.05) is 6.92 Å². The number of carboxylic acid groups (broad SMARTS) is 1. The second-order valence-corrected chi connectivity index (χ2v) is 7.79. The van der Waals surface area contributed by atoms with Crippen LogP contribution >= 0.6 is 0 Å². The first-order valence-electron chi connectivity index (χ1n) is 9.38. The molecule has 5 nitrogen and oxygen atoms in total. The van der Waals surface area contributed by atoms with Gasteiger partial charge in [-0.25, -0.2) is 9.59 Å². The number of aliphatic carboxylic acids is 1. The molecule has 0 saturated heterocycles. The summed E-state index contributed by atoms with van der Waals surface area (Å²) in [7, 11) is 0. The number of carboxylic acids is 1. The molecule has 0 radical (unpaired) electrons. The molecule has 24 heavy (non-hydrogen) atoms. The van der Waals surface area contributed by atoms with Gasteiger partial charge >= 0.3 is 12.1 Å². The van der Waals surface area contributed by atoms with Crippen LogP contribution in [0.1, 0.15) is 92.4 Å². The molecule has 0 heterocycles. The van der Waals surface area contributed by atoms with Crippen molar-refractivity contribution in [2.75, 3.05) is 0 Å². The van der Waals surface area contributed by atoms with Crippen LogP contribution in [0.3, 0.4) is 0 Å². The smallest absolute Gasteiger partial charge is 0.408 e. The van der Waals surface area contributed by atoms with Crippen LogP contribution in [0.5, 0.6) is 0 Å². The van der Waals surface area contributed by atoms with Gasteiger partial charge in [0, 0.05) is 0 Å². The lowest BCUT2D eigenvalue weighted by Gasteiger charge is -2.23. The first-order valence-corrected chi connectivity index (χ1v) is 9.38. The van der Waals surface area contributed by atoms with Gasteiger partial charge in [-0.3, -0.25) is 0 Å². The SMILES string of the molecule is CCCCCCCCCC(C)CC(NC(=O)OC(C)(C)C)C(=O)O. The van der Waals surface area contributed by atoms with Gasteiger partial charge in [0.1, 0.15) is 11.6 Å². The van der Waals surface area contributed by atoms with Crippen molar-refractivity contribution in [2.24, 2.45) is 5.92 Å². The molecular formula is C19H37NO4. The molecule has 142 valence electrons. The fraction of sp³-hybridized carbons (Fsp3) is 0.895. The minimum atomic E-state index is -1.01. The normalized spacial score (nSPS) is 14.0. The molecule has 0 aliphatic rings. The van der Waals surface area contributed by atoms with Crippen molar-refractivity contribution in [3.8, 4) is 0 Å². The number of carbonyl (C=O) groups excluding carboxylic acids is 1. The zero-order chi connectivity index (χ0) is 18.6. The predicted molar refractivity (Wildman–Crippen MR) is 97.2 cm³/mol. The number of unbranched alkanes of at least 4 members (excludes halogenated alkanes) is 6. The third-order valence-corrected chi connectivity index (χ3v) is 3.93. The minimum Gasteiger partial charge on any atom is -0.480 e. The van der Waals surface area contributed by atoms with E-state index in [1.165, 1.54) is 38.5 Å². The summed E-state index contributed by atoms with van der Waals surface area (Å²) in [6, 6.07) is -0.889. The first kappa shape index (κ1) is 22.7. The Kier molecular flexibility index (Phi) is 11.5. The van der Waals surface area contributed by atoms with E-state index < -0.39 is 23.7 Å². The van der Waals surface area contributed by atoms with Gasteiger partial charge in [0.25, 0.3) is 0 Å². The molecule has 0 aromatic heterocycles. The highest BCUT2D eigenvalue weighted by Crippen LogP contribution is 2.17. The lowest BCUT2D eigenvalue weighted by molar-refractivity contribution is -0.140. The molecule has 2 atom stereocenters. The van der Waals surface area contributed by atoms with Crippen LogP contribution in [-0.2, 0) is 9.53 Å². The van der Waals surface area contributed by atoms with E-state index in [-0.39, 0.29) is 5.92 Å². The summed E-state index contributed by atoms with van der Waals surface area (Å²) >= 11 is 0. The van der Waals surface area contributed by atoms with Crippen LogP contribution in [-0.4, -0.2) is 28.8 Å². The van der Waals surface area contributed by atoms with Gasteiger partial charge in [-0.1, -0.05) is 65.2 Å². The Hall–Kier alpha value is -1.26. The van der Waals surface area contributed by atoms with Gasteiger partial charge in [0.15, 0.2) is 0 Å². The largest absolute Gasteiger partial charge is 0.480 e. The van der Waals surface area contributed by atoms with E-state index in [1.54, 1.807) is 20.8 Å². The van der Waals surface area contributed by atoms with Crippen molar-refractivity contribution in [3.63, 3.8) is 0 Å². The van der Waals surface area contributed by atoms with Crippen molar-refractivity contribution in [1.82, 2.24) is 5.32 Å². The quantitative estimate of drug-likeness (QED) is 0.482. The third-order valence-electron chi connectivity index (χ3n) is 3.93. The Labute approximate surface area is 147 Å². The molecule has 0 rings (SSSR count). The summed E-state index contributed by atoms with van der Waals surface area (Å²) in [6.07, 6.45) is 9.51. The Bertz CT molecular complexity index is 363. The van der Waals surface area contributed by atoms with Gasteiger partial charge in [-0.2, -0.15) is 0 Å². The van der Waals surface area contributed by atoms with E-state index in [4.69, 9.17) is 4.74 Å². The minimum absolute atomic E-state index is 0.261. The summed E-state index contributed by atoms with van der Waals surface area (Å²) in [5, 5.41) is 11.8. The lowest BCUT2D eigenvalue weighted by atomic mass is 9.95. The van der Waals surface area contributed by atoms with Crippen LogP contribution in [0.4, 0.5) is 4.79 Å². The second kappa shape index (κ2) is 12.2. The van der Waals surface area contributed by atoms with Crippen LogP contribution in [0.15, 0.2) is 0 Å². The summed E-state index contributed by atoms with van der Waals surface area (Å²) in [4.78, 5) is 23.1. The van der Waals surface area contributed by atoms with Gasteiger partial charge in [-0.05, 0) is 33.1 Å². The predicted octanol–water partition coefficient (Wildman–Crippen LogP) is 5.13. The molecule has 0 spiro atoms. The highest BCUT2D eigenvalue weighted by molar-refractivity contribution is 5.79. The zero-order valence-electron chi connectivity index (χ0n) is 16.2. The molecule has 0 bridgehead atoms. The Morgan fingerprint density at radius 3 is 2.08 bits per heavy atom. The van der Waals surface area contributed by atoms with Crippen LogP contribution in [0, 0.1) is 5.92 Å². The summed E-state index contributed by atoms with van der Waals surface area (Å²) in [6.45, 7) is 9.53. The number of hydrogen-bond acceptors (Lipinski definition) is 3. The lowest BCUT2D eigenvalue weighted by Crippen LogP contribution is -2.44. The van der Waals surface area contributed by atoms with Crippen LogP contribution < -0.4 is 5.32 Å². The molecule has 2 unspecified atom stereocenters. The number of amides is 1. The maximum Gasteiger partial charge on any atom is 0.408 e. The van der Waals surface area contributed by atoms with Crippen molar-refractivity contribution >= 4 is 12.1 Å². The number of rotatable bonds is 12. The van der Waals surface area contributed by atoms with Crippen molar-refractivity contribution in [3.05, 3.63) is 0 Å². The van der Waals surface area contributed by atoms with Gasteiger partial charge < -0.3 is 15.2 Å². The molecule has 2 N–H and O–H groups in total. The summed E-state index contributed by atoms with van der Waals surface area (Å²) in [5.74, 6) is -0.746. The number of alkyl carbamates (subject to hydrolysis) is 1. The van der Waals surface area contributed by atoms with Crippen molar-refractivity contribution < 1.29 is 19.4 Å². The molecule has 0 aromatic rings. The molecule has 0 aliphatic carbocycles. The fourth-order valence-corrected chi connectivity index (χ4v) is 2.64. The molecule has 1 amide bonds. The fourth-order valence-electron chi connectivity index (χ4n) is 2.64. The second-order valence-electron chi connectivity index (χ2n) is 7.79. The Morgan fingerprint density at radius 1 is 1.04 bits per heavy atom. The van der Waals surface area contributed by atoms with Crippen LogP contribution in [0.25, 0.3) is 0 Å². The van der Waals surface area contributed by atoms with E-state index in [0.29, 0.717) is 6.42 Å². The maximum atomic E-state index is 11.7. The maximum absolute atomic E-state index is 11.7. The van der Waals surface area contributed by atoms with E-state index >= 15 is 0 Å². The Morgan fingerprint density at radius 2 is 1.58 bits per heavy atom. The number of hydrogen-bond donors (Lipinski definition) is 2. The van der Waals surface area contributed by atoms with Crippen molar-refractivity contribution in [1.29, 1.82) is 0 Å². The summed E-state index contributed by atoms with van der Waals surface area (Å²) in [5.41, 5.74) is -0.628. The number of carbonyl (C=O) groups is 2. The molecule has 0 fully saturated rings. The third kappa shape index (κ3) is 13.2. The monoisotopic (exact) mass is 343 g/mol. The highest BCUT2D eigenvalue weighted by Gasteiger charge is 2.25.